The van der Waals surface area contributed by atoms with Gasteiger partial charge in [-0.2, -0.15) is 0 Å². The minimum atomic E-state index is -0.311. The van der Waals surface area contributed by atoms with Gasteiger partial charge < -0.3 is 14.5 Å². The van der Waals surface area contributed by atoms with E-state index < -0.39 is 0 Å². The SMILES string of the molecule is CC(C)(C)c1cc(N2CN(c3cc(Oc4ccc5c6cc(C(C)(C)C)ccc6n(-c6cc(C(C)(C)C)ccn6)c5c4)cc(-c4ccccc4)c3)C=C2C(C)(C)c2ccccc2)cc(C(C)(C)C)c1. The van der Waals surface area contributed by atoms with E-state index in [1.54, 1.807) is 0 Å². The molecule has 0 saturated heterocycles. The molecule has 5 heteroatoms. The highest BCUT2D eigenvalue weighted by molar-refractivity contribution is 6.09. The molecule has 0 spiro atoms. The van der Waals surface area contributed by atoms with E-state index in [-0.39, 0.29) is 27.1 Å². The fourth-order valence-electron chi connectivity index (χ4n) is 9.52. The summed E-state index contributed by atoms with van der Waals surface area (Å²) in [5.74, 6) is 2.43. The van der Waals surface area contributed by atoms with Gasteiger partial charge in [0.05, 0.1) is 17.7 Å². The number of hydrogen-bond donors (Lipinski definition) is 0. The number of hydrogen-bond acceptors (Lipinski definition) is 4. The summed E-state index contributed by atoms with van der Waals surface area (Å²) in [6.45, 7) is 32.8. The predicted molar refractivity (Wildman–Crippen MR) is 289 cm³/mol. The van der Waals surface area contributed by atoms with Crippen molar-refractivity contribution in [2.75, 3.05) is 16.5 Å². The van der Waals surface area contributed by atoms with Crippen molar-refractivity contribution in [1.82, 2.24) is 9.55 Å². The zero-order valence-corrected chi connectivity index (χ0v) is 42.9. The topological polar surface area (TPSA) is 33.5 Å². The van der Waals surface area contributed by atoms with Crippen molar-refractivity contribution in [3.05, 3.63) is 192 Å². The van der Waals surface area contributed by atoms with Crippen LogP contribution in [-0.2, 0) is 27.1 Å². The number of allylic oxidation sites excluding steroid dienone is 1. The molecular formula is C63H70N4O. The van der Waals surface area contributed by atoms with Crippen LogP contribution in [0.2, 0.25) is 0 Å². The van der Waals surface area contributed by atoms with Crippen LogP contribution in [0.1, 0.15) is 125 Å². The lowest BCUT2D eigenvalue weighted by Gasteiger charge is -2.36. The molecule has 6 aromatic carbocycles. The van der Waals surface area contributed by atoms with Crippen LogP contribution >= 0.6 is 0 Å². The Morgan fingerprint density at radius 2 is 1.06 bits per heavy atom. The molecule has 0 aliphatic carbocycles. The van der Waals surface area contributed by atoms with Gasteiger partial charge >= 0.3 is 0 Å². The standard InChI is InChI=1S/C63H70N4O/c1-59(2,3)45-25-28-55-54(36-45)53-27-26-51(39-56(53)67(55)58-37-46(29-30-64-58)60(4,5)6)68-52-32-43(42-21-17-15-18-22-42)31-49(38-52)65-40-57(63(13,14)44-23-19-16-20-24-44)66(41-65)50-34-47(61(7,8)9)33-48(35-50)62(10,11)12/h15-40H,41H2,1-14H3. The Kier molecular flexibility index (Phi) is 11.5. The molecule has 0 radical (unpaired) electrons. The van der Waals surface area contributed by atoms with Crippen LogP contribution in [0.5, 0.6) is 11.5 Å². The van der Waals surface area contributed by atoms with Crippen LogP contribution in [0.3, 0.4) is 0 Å². The first-order valence-corrected chi connectivity index (χ1v) is 24.4. The number of pyridine rings is 1. The highest BCUT2D eigenvalue weighted by atomic mass is 16.5. The molecule has 0 amide bonds. The monoisotopic (exact) mass is 899 g/mol. The predicted octanol–water partition coefficient (Wildman–Crippen LogP) is 16.9. The van der Waals surface area contributed by atoms with Gasteiger partial charge in [-0.3, -0.25) is 4.57 Å². The number of anilines is 2. The smallest absolute Gasteiger partial charge is 0.137 e. The number of fused-ring (bicyclic) bond motifs is 3. The van der Waals surface area contributed by atoms with Crippen LogP contribution in [0.25, 0.3) is 38.8 Å². The second-order valence-corrected chi connectivity index (χ2v) is 23.6. The lowest BCUT2D eigenvalue weighted by atomic mass is 9.79. The van der Waals surface area contributed by atoms with Gasteiger partial charge in [-0.05, 0) is 121 Å². The van der Waals surface area contributed by atoms with Crippen molar-refractivity contribution >= 4 is 33.2 Å². The van der Waals surface area contributed by atoms with Crippen LogP contribution < -0.4 is 14.5 Å². The summed E-state index contributed by atoms with van der Waals surface area (Å²) in [7, 11) is 0. The Balaban J connectivity index is 1.19. The first kappa shape index (κ1) is 46.5. The maximum absolute atomic E-state index is 7.08. The molecule has 0 saturated carbocycles. The number of aromatic nitrogens is 2. The van der Waals surface area contributed by atoms with Crippen LogP contribution in [0.15, 0.2) is 164 Å². The zero-order valence-electron chi connectivity index (χ0n) is 42.9. The number of nitrogens with zero attached hydrogens (tertiary/aromatic N) is 4. The van der Waals surface area contributed by atoms with Crippen molar-refractivity contribution in [3.8, 4) is 28.4 Å². The third kappa shape index (κ3) is 9.08. The molecule has 0 N–H and O–H groups in total. The molecule has 0 atom stereocenters. The lowest BCUT2D eigenvalue weighted by molar-refractivity contribution is 0.483. The molecule has 1 aliphatic rings. The molecule has 9 rings (SSSR count). The van der Waals surface area contributed by atoms with Crippen LogP contribution in [0, 0.1) is 0 Å². The average molecular weight is 899 g/mol. The largest absolute Gasteiger partial charge is 0.457 e. The maximum Gasteiger partial charge on any atom is 0.137 e. The second-order valence-electron chi connectivity index (χ2n) is 23.6. The van der Waals surface area contributed by atoms with Crippen molar-refractivity contribution in [2.24, 2.45) is 0 Å². The van der Waals surface area contributed by atoms with E-state index in [1.165, 1.54) is 50.0 Å². The van der Waals surface area contributed by atoms with Gasteiger partial charge in [-0.15, -0.1) is 0 Å². The summed E-state index contributed by atoms with van der Waals surface area (Å²) in [5.41, 5.74) is 14.0. The molecule has 0 fully saturated rings. The number of benzene rings is 6. The number of ether oxygens (including phenoxy) is 1. The molecule has 2 aromatic heterocycles. The Morgan fingerprint density at radius 3 is 1.69 bits per heavy atom. The summed E-state index contributed by atoms with van der Waals surface area (Å²) in [6, 6.07) is 53.3. The van der Waals surface area contributed by atoms with Gasteiger partial charge in [-0.1, -0.05) is 170 Å². The quantitative estimate of drug-likeness (QED) is 0.152. The van der Waals surface area contributed by atoms with E-state index in [4.69, 9.17) is 9.72 Å². The van der Waals surface area contributed by atoms with Crippen molar-refractivity contribution in [1.29, 1.82) is 0 Å². The molecule has 5 nitrogen and oxygen atoms in total. The zero-order chi connectivity index (χ0) is 48.6. The molecule has 0 bridgehead atoms. The van der Waals surface area contributed by atoms with E-state index in [2.05, 4.69) is 263 Å². The third-order valence-electron chi connectivity index (χ3n) is 14.0. The molecule has 0 unspecified atom stereocenters. The van der Waals surface area contributed by atoms with Crippen LogP contribution in [-0.4, -0.2) is 16.2 Å². The van der Waals surface area contributed by atoms with Crippen molar-refractivity contribution in [2.45, 2.75) is 124 Å². The number of rotatable bonds is 8. The van der Waals surface area contributed by atoms with Gasteiger partial charge in [0, 0.05) is 57.8 Å². The summed E-state index contributed by atoms with van der Waals surface area (Å²) in [6.07, 6.45) is 4.32. The van der Waals surface area contributed by atoms with Crippen molar-refractivity contribution in [3.63, 3.8) is 0 Å². The van der Waals surface area contributed by atoms with Gasteiger partial charge in [0.15, 0.2) is 0 Å². The highest BCUT2D eigenvalue weighted by Gasteiger charge is 2.37. The van der Waals surface area contributed by atoms with Crippen molar-refractivity contribution < 1.29 is 4.74 Å². The van der Waals surface area contributed by atoms with E-state index >= 15 is 0 Å². The summed E-state index contributed by atoms with van der Waals surface area (Å²) in [4.78, 5) is 9.93. The maximum atomic E-state index is 7.08. The molecule has 8 aromatic rings. The normalized spacial score (nSPS) is 14.0. The molecule has 348 valence electrons. The van der Waals surface area contributed by atoms with Gasteiger partial charge in [-0.25, -0.2) is 4.98 Å². The first-order valence-electron chi connectivity index (χ1n) is 24.4. The second kappa shape index (κ2) is 16.9. The van der Waals surface area contributed by atoms with E-state index in [0.717, 1.165) is 45.2 Å². The minimum absolute atomic E-state index is 0.00297. The summed E-state index contributed by atoms with van der Waals surface area (Å²) in [5, 5.41) is 2.37. The highest BCUT2D eigenvalue weighted by Crippen LogP contribution is 2.45. The Labute approximate surface area is 406 Å². The molecule has 68 heavy (non-hydrogen) atoms. The minimum Gasteiger partial charge on any atom is -0.457 e. The Hall–Kier alpha value is -6.59. The Morgan fingerprint density at radius 1 is 0.441 bits per heavy atom. The molecule has 1 aliphatic heterocycles. The molecular weight excluding hydrogens is 829 g/mol. The lowest BCUT2D eigenvalue weighted by Crippen LogP contribution is -2.34. The average Bonchev–Trinajstić information content (AvgIpc) is 3.89. The summed E-state index contributed by atoms with van der Waals surface area (Å²) < 4.78 is 9.39. The van der Waals surface area contributed by atoms with Gasteiger partial charge in [0.1, 0.15) is 17.3 Å². The fourth-order valence-corrected chi connectivity index (χ4v) is 9.52. The third-order valence-corrected chi connectivity index (χ3v) is 14.0. The fraction of sp³-hybridized carbons (Fsp3) is 0.317. The molecule has 3 heterocycles. The first-order chi connectivity index (χ1) is 31.9. The summed E-state index contributed by atoms with van der Waals surface area (Å²) >= 11 is 0. The van der Waals surface area contributed by atoms with Gasteiger partial charge in [0.2, 0.25) is 0 Å². The van der Waals surface area contributed by atoms with Crippen LogP contribution in [0.4, 0.5) is 11.4 Å². The van der Waals surface area contributed by atoms with E-state index in [1.807, 2.05) is 6.20 Å². The van der Waals surface area contributed by atoms with Gasteiger partial charge in [0.25, 0.3) is 0 Å². The van der Waals surface area contributed by atoms with E-state index in [9.17, 15) is 0 Å². The Bertz CT molecular complexity index is 3150. The van der Waals surface area contributed by atoms with E-state index in [0.29, 0.717) is 6.67 Å².